The molecule has 72 valence electrons. The van der Waals surface area contributed by atoms with E-state index in [4.69, 9.17) is 10.2 Å². The van der Waals surface area contributed by atoms with Gasteiger partial charge in [0.2, 0.25) is 0 Å². The SMILES string of the molecule is NCC(=O)c1cccc2oc(=O)sc12. The monoisotopic (exact) mass is 209 g/mol. The minimum Gasteiger partial charge on any atom is -0.414 e. The second-order valence-electron chi connectivity index (χ2n) is 2.71. The quantitative estimate of drug-likeness (QED) is 0.749. The van der Waals surface area contributed by atoms with Crippen LogP contribution in [0.15, 0.2) is 27.4 Å². The van der Waals surface area contributed by atoms with Crippen molar-refractivity contribution < 1.29 is 9.21 Å². The highest BCUT2D eigenvalue weighted by atomic mass is 32.1. The molecule has 1 aromatic heterocycles. The third-order valence-corrected chi connectivity index (χ3v) is 2.72. The molecule has 0 amide bonds. The molecule has 0 atom stereocenters. The van der Waals surface area contributed by atoms with Crippen molar-refractivity contribution in [3.63, 3.8) is 0 Å². The van der Waals surface area contributed by atoms with Gasteiger partial charge in [-0.05, 0) is 12.1 Å². The Morgan fingerprint density at radius 1 is 1.50 bits per heavy atom. The van der Waals surface area contributed by atoms with E-state index >= 15 is 0 Å². The number of carbonyl (C=O) groups is 1. The Morgan fingerprint density at radius 2 is 2.29 bits per heavy atom. The first kappa shape index (κ1) is 9.11. The highest BCUT2D eigenvalue weighted by Crippen LogP contribution is 2.21. The van der Waals surface area contributed by atoms with Gasteiger partial charge in [0.25, 0.3) is 0 Å². The molecule has 4 nitrogen and oxygen atoms in total. The van der Waals surface area contributed by atoms with Crippen LogP contribution in [0.3, 0.4) is 0 Å². The molecule has 0 aliphatic heterocycles. The molecule has 0 radical (unpaired) electrons. The van der Waals surface area contributed by atoms with Gasteiger partial charge in [0.1, 0.15) is 5.58 Å². The van der Waals surface area contributed by atoms with Crippen molar-refractivity contribution >= 4 is 27.4 Å². The smallest absolute Gasteiger partial charge is 0.396 e. The first-order chi connectivity index (χ1) is 6.72. The highest BCUT2D eigenvalue weighted by Gasteiger charge is 2.11. The van der Waals surface area contributed by atoms with Crippen LogP contribution >= 0.6 is 11.3 Å². The van der Waals surface area contributed by atoms with Gasteiger partial charge in [0.05, 0.1) is 11.2 Å². The Bertz CT molecular complexity index is 540. The fourth-order valence-corrected chi connectivity index (χ4v) is 2.03. The summed E-state index contributed by atoms with van der Waals surface area (Å²) in [5.74, 6) is -0.187. The number of fused-ring (bicyclic) bond motifs is 1. The average Bonchev–Trinajstić information content (AvgIpc) is 2.56. The van der Waals surface area contributed by atoms with Gasteiger partial charge in [0.15, 0.2) is 5.78 Å². The molecule has 2 aromatic rings. The van der Waals surface area contributed by atoms with E-state index in [0.29, 0.717) is 15.8 Å². The molecule has 1 heterocycles. The molecule has 0 fully saturated rings. The lowest BCUT2D eigenvalue weighted by Crippen LogP contribution is -2.13. The zero-order chi connectivity index (χ0) is 10.1. The van der Waals surface area contributed by atoms with E-state index in [1.54, 1.807) is 18.2 Å². The van der Waals surface area contributed by atoms with Crippen molar-refractivity contribution in [2.45, 2.75) is 0 Å². The standard InChI is InChI=1S/C9H7NO3S/c10-4-6(11)5-2-1-3-7-8(5)14-9(12)13-7/h1-3H,4,10H2. The molecule has 1 aromatic carbocycles. The van der Waals surface area contributed by atoms with Crippen LogP contribution < -0.4 is 10.7 Å². The number of carbonyl (C=O) groups excluding carboxylic acids is 1. The Kier molecular flexibility index (Phi) is 2.18. The zero-order valence-corrected chi connectivity index (χ0v) is 7.97. The average molecular weight is 209 g/mol. The zero-order valence-electron chi connectivity index (χ0n) is 7.15. The fourth-order valence-electron chi connectivity index (χ4n) is 1.22. The van der Waals surface area contributed by atoms with Crippen molar-refractivity contribution in [2.75, 3.05) is 6.54 Å². The molecule has 0 aliphatic rings. The first-order valence-corrected chi connectivity index (χ1v) is 4.80. The van der Waals surface area contributed by atoms with Crippen molar-refractivity contribution in [1.29, 1.82) is 0 Å². The molecule has 2 rings (SSSR count). The summed E-state index contributed by atoms with van der Waals surface area (Å²) in [6.07, 6.45) is 0. The van der Waals surface area contributed by atoms with E-state index < -0.39 is 4.94 Å². The van der Waals surface area contributed by atoms with E-state index in [1.165, 1.54) is 0 Å². The summed E-state index contributed by atoms with van der Waals surface area (Å²) in [4.78, 5) is 21.9. The third-order valence-electron chi connectivity index (χ3n) is 1.84. The Balaban J connectivity index is 2.76. The fraction of sp³-hybridized carbons (Fsp3) is 0.111. The van der Waals surface area contributed by atoms with Gasteiger partial charge in [-0.15, -0.1) is 0 Å². The second kappa shape index (κ2) is 3.36. The summed E-state index contributed by atoms with van der Waals surface area (Å²) in [5.41, 5.74) is 6.15. The molecule has 14 heavy (non-hydrogen) atoms. The highest BCUT2D eigenvalue weighted by molar-refractivity contribution is 7.16. The van der Waals surface area contributed by atoms with Gasteiger partial charge in [0, 0.05) is 5.56 Å². The second-order valence-corrected chi connectivity index (χ2v) is 3.66. The van der Waals surface area contributed by atoms with Crippen molar-refractivity contribution in [3.8, 4) is 0 Å². The first-order valence-electron chi connectivity index (χ1n) is 3.98. The predicted octanol–water partition coefficient (Wildman–Crippen LogP) is 0.996. The van der Waals surface area contributed by atoms with Crippen LogP contribution in [-0.2, 0) is 0 Å². The summed E-state index contributed by atoms with van der Waals surface area (Å²) >= 11 is 0.924. The predicted molar refractivity (Wildman–Crippen MR) is 53.7 cm³/mol. The van der Waals surface area contributed by atoms with Crippen molar-refractivity contribution in [1.82, 2.24) is 0 Å². The minimum absolute atomic E-state index is 0.0643. The normalized spacial score (nSPS) is 10.6. The van der Waals surface area contributed by atoms with Crippen LogP contribution in [-0.4, -0.2) is 12.3 Å². The van der Waals surface area contributed by atoms with Crippen LogP contribution in [0.2, 0.25) is 0 Å². The molecule has 0 unspecified atom stereocenters. The maximum Gasteiger partial charge on any atom is 0.396 e. The van der Waals surface area contributed by atoms with Gasteiger partial charge < -0.3 is 10.2 Å². The molecule has 0 spiro atoms. The summed E-state index contributed by atoms with van der Waals surface area (Å²) in [5, 5.41) is 0. The topological polar surface area (TPSA) is 73.3 Å². The van der Waals surface area contributed by atoms with Gasteiger partial charge in [-0.3, -0.25) is 4.79 Å². The summed E-state index contributed by atoms with van der Waals surface area (Å²) < 4.78 is 5.45. The van der Waals surface area contributed by atoms with E-state index in [1.807, 2.05) is 0 Å². The van der Waals surface area contributed by atoms with Crippen LogP contribution in [0.4, 0.5) is 0 Å². The van der Waals surface area contributed by atoms with Crippen LogP contribution in [0.5, 0.6) is 0 Å². The number of nitrogens with two attached hydrogens (primary N) is 1. The molecule has 0 aliphatic carbocycles. The van der Waals surface area contributed by atoms with E-state index in [-0.39, 0.29) is 12.3 Å². The number of benzene rings is 1. The van der Waals surface area contributed by atoms with Crippen LogP contribution in [0.1, 0.15) is 10.4 Å². The van der Waals surface area contributed by atoms with Crippen LogP contribution in [0, 0.1) is 0 Å². The lowest BCUT2D eigenvalue weighted by atomic mass is 10.1. The number of hydrogen-bond donors (Lipinski definition) is 1. The number of rotatable bonds is 2. The third kappa shape index (κ3) is 1.36. The van der Waals surface area contributed by atoms with E-state index in [2.05, 4.69) is 0 Å². The summed E-state index contributed by atoms with van der Waals surface area (Å²) in [7, 11) is 0. The molecule has 0 bridgehead atoms. The number of ketones is 1. The molecular formula is C9H7NO3S. The Morgan fingerprint density at radius 3 is 3.00 bits per heavy atom. The minimum atomic E-state index is -0.405. The largest absolute Gasteiger partial charge is 0.414 e. The molecule has 5 heteroatoms. The molecule has 0 saturated carbocycles. The maximum atomic E-state index is 11.4. The lowest BCUT2D eigenvalue weighted by molar-refractivity contribution is 0.100. The van der Waals surface area contributed by atoms with Crippen molar-refractivity contribution in [3.05, 3.63) is 33.5 Å². The van der Waals surface area contributed by atoms with E-state index in [9.17, 15) is 9.59 Å². The van der Waals surface area contributed by atoms with Crippen LogP contribution in [0.25, 0.3) is 10.3 Å². The van der Waals surface area contributed by atoms with Gasteiger partial charge in [-0.1, -0.05) is 17.4 Å². The maximum absolute atomic E-state index is 11.4. The Labute approximate surface area is 83.0 Å². The molecule has 2 N–H and O–H groups in total. The molecular weight excluding hydrogens is 202 g/mol. The van der Waals surface area contributed by atoms with Gasteiger partial charge in [-0.25, -0.2) is 4.79 Å². The summed E-state index contributed by atoms with van der Waals surface area (Å²) in [6.45, 7) is -0.0643. The van der Waals surface area contributed by atoms with E-state index in [0.717, 1.165) is 11.3 Å². The molecule has 0 saturated heterocycles. The Hall–Kier alpha value is -1.46. The van der Waals surface area contributed by atoms with Crippen molar-refractivity contribution in [2.24, 2.45) is 5.73 Å². The number of hydrogen-bond acceptors (Lipinski definition) is 5. The summed E-state index contributed by atoms with van der Waals surface area (Å²) in [6, 6.07) is 4.96. The van der Waals surface area contributed by atoms with Gasteiger partial charge in [-0.2, -0.15) is 0 Å². The lowest BCUT2D eigenvalue weighted by Gasteiger charge is -1.96. The van der Waals surface area contributed by atoms with Gasteiger partial charge >= 0.3 is 4.94 Å². The number of Topliss-reactive ketones (excluding diaryl/α,β-unsaturated/α-hetero) is 1.